The van der Waals surface area contributed by atoms with Crippen molar-refractivity contribution in [3.63, 3.8) is 0 Å². The van der Waals surface area contributed by atoms with Crippen LogP contribution in [0.3, 0.4) is 0 Å². The first-order valence-corrected chi connectivity index (χ1v) is 7.17. The van der Waals surface area contributed by atoms with Crippen LogP contribution < -0.4 is 11.1 Å². The highest BCUT2D eigenvalue weighted by Crippen LogP contribution is 2.33. The molecule has 1 atom stereocenters. The summed E-state index contributed by atoms with van der Waals surface area (Å²) in [6, 6.07) is 8.16. The molecule has 4 heteroatoms. The molecule has 1 aromatic carbocycles. The molecule has 1 unspecified atom stereocenters. The Bertz CT molecular complexity index is 581. The largest absolute Gasteiger partial charge is 0.379 e. The summed E-state index contributed by atoms with van der Waals surface area (Å²) >= 11 is 6.21. The number of nitrogens with zero attached hydrogens (tertiary/aromatic N) is 1. The summed E-state index contributed by atoms with van der Waals surface area (Å²) in [5.41, 5.74) is 7.85. The summed E-state index contributed by atoms with van der Waals surface area (Å²) in [4.78, 5) is 4.44. The van der Waals surface area contributed by atoms with Gasteiger partial charge < -0.3 is 11.1 Å². The monoisotopic (exact) mass is 275 g/mol. The number of hydrogen-bond acceptors (Lipinski definition) is 3. The van der Waals surface area contributed by atoms with Crippen LogP contribution in [0.25, 0.3) is 10.9 Å². The molecular weight excluding hydrogens is 258 g/mol. The molecule has 1 aromatic heterocycles. The van der Waals surface area contributed by atoms with Crippen molar-refractivity contribution in [1.82, 2.24) is 4.98 Å². The molecule has 19 heavy (non-hydrogen) atoms. The summed E-state index contributed by atoms with van der Waals surface area (Å²) in [5, 5.41) is 5.28. The third kappa shape index (κ3) is 2.40. The Kier molecular flexibility index (Phi) is 3.58. The first-order chi connectivity index (χ1) is 9.29. The summed E-state index contributed by atoms with van der Waals surface area (Å²) in [5.74, 6) is 0.694. The molecule has 0 radical (unpaired) electrons. The number of anilines is 1. The number of aromatic nitrogens is 1. The number of nitrogens with one attached hydrogen (secondary N) is 1. The van der Waals surface area contributed by atoms with Gasteiger partial charge in [0.25, 0.3) is 0 Å². The van der Waals surface area contributed by atoms with Crippen LogP contribution in [-0.4, -0.2) is 17.6 Å². The zero-order chi connectivity index (χ0) is 13.2. The number of halogens is 1. The highest BCUT2D eigenvalue weighted by Gasteiger charge is 2.26. The molecule has 1 heterocycles. The first kappa shape index (κ1) is 12.7. The molecular formula is C15H18ClN3. The van der Waals surface area contributed by atoms with Gasteiger partial charge in [-0.05, 0) is 43.0 Å². The molecule has 0 amide bonds. The van der Waals surface area contributed by atoms with Crippen molar-refractivity contribution < 1.29 is 0 Å². The Morgan fingerprint density at radius 3 is 2.89 bits per heavy atom. The molecule has 100 valence electrons. The summed E-state index contributed by atoms with van der Waals surface area (Å²) in [6.45, 7) is 0.654. The Balaban J connectivity index is 1.93. The first-order valence-electron chi connectivity index (χ1n) is 6.79. The molecule has 0 spiro atoms. The zero-order valence-electron chi connectivity index (χ0n) is 10.8. The number of nitrogens with two attached hydrogens (primary N) is 1. The molecule has 1 saturated carbocycles. The average Bonchev–Trinajstić information content (AvgIpc) is 2.39. The molecule has 1 aliphatic carbocycles. The lowest BCUT2D eigenvalue weighted by atomic mass is 9.79. The lowest BCUT2D eigenvalue weighted by Crippen LogP contribution is -2.39. The van der Waals surface area contributed by atoms with Crippen molar-refractivity contribution >= 4 is 28.2 Å². The number of rotatable bonds is 4. The van der Waals surface area contributed by atoms with E-state index in [0.717, 1.165) is 21.6 Å². The smallest absolute Gasteiger partial charge is 0.0948 e. The Morgan fingerprint density at radius 1 is 1.37 bits per heavy atom. The Hall–Kier alpha value is -1.32. The maximum atomic E-state index is 6.21. The van der Waals surface area contributed by atoms with Crippen LogP contribution in [0.5, 0.6) is 0 Å². The third-order valence-electron chi connectivity index (χ3n) is 4.03. The van der Waals surface area contributed by atoms with Gasteiger partial charge in [-0.2, -0.15) is 0 Å². The highest BCUT2D eigenvalue weighted by molar-refractivity contribution is 6.35. The van der Waals surface area contributed by atoms with Gasteiger partial charge in [0.2, 0.25) is 0 Å². The van der Waals surface area contributed by atoms with E-state index in [-0.39, 0.29) is 0 Å². The molecule has 2 aromatic rings. The zero-order valence-corrected chi connectivity index (χ0v) is 11.5. The minimum absolute atomic E-state index is 0.333. The normalized spacial score (nSPS) is 17.2. The van der Waals surface area contributed by atoms with Gasteiger partial charge in [-0.15, -0.1) is 0 Å². The van der Waals surface area contributed by atoms with Crippen LogP contribution in [0.15, 0.2) is 30.5 Å². The molecule has 3 N–H and O–H groups in total. The maximum absolute atomic E-state index is 6.21. The summed E-state index contributed by atoms with van der Waals surface area (Å²) < 4.78 is 0. The molecule has 1 aliphatic rings. The van der Waals surface area contributed by atoms with Crippen molar-refractivity contribution in [1.29, 1.82) is 0 Å². The predicted octanol–water partition coefficient (Wildman–Crippen LogP) is 3.43. The molecule has 1 fully saturated rings. The van der Waals surface area contributed by atoms with Crippen LogP contribution in [0.4, 0.5) is 5.69 Å². The van der Waals surface area contributed by atoms with E-state index in [2.05, 4.69) is 10.3 Å². The van der Waals surface area contributed by atoms with Gasteiger partial charge in [-0.25, -0.2) is 0 Å². The van der Waals surface area contributed by atoms with Crippen molar-refractivity contribution in [2.45, 2.75) is 25.3 Å². The predicted molar refractivity (Wildman–Crippen MR) is 80.6 cm³/mol. The average molecular weight is 276 g/mol. The maximum Gasteiger partial charge on any atom is 0.0948 e. The van der Waals surface area contributed by atoms with E-state index >= 15 is 0 Å². The lowest BCUT2D eigenvalue weighted by Gasteiger charge is -2.34. The second-order valence-electron chi connectivity index (χ2n) is 5.17. The van der Waals surface area contributed by atoms with Gasteiger partial charge in [0.1, 0.15) is 0 Å². The molecule has 0 aliphatic heterocycles. The van der Waals surface area contributed by atoms with Crippen LogP contribution in [0.2, 0.25) is 5.02 Å². The van der Waals surface area contributed by atoms with Gasteiger partial charge in [0, 0.05) is 24.2 Å². The molecule has 3 nitrogen and oxygen atoms in total. The van der Waals surface area contributed by atoms with Crippen molar-refractivity contribution in [2.24, 2.45) is 11.7 Å². The fourth-order valence-electron chi connectivity index (χ4n) is 2.67. The Morgan fingerprint density at radius 2 is 2.21 bits per heavy atom. The van der Waals surface area contributed by atoms with Gasteiger partial charge in [0.05, 0.1) is 16.2 Å². The van der Waals surface area contributed by atoms with Crippen LogP contribution in [-0.2, 0) is 0 Å². The third-order valence-corrected chi connectivity index (χ3v) is 4.36. The van der Waals surface area contributed by atoms with Gasteiger partial charge >= 0.3 is 0 Å². The second kappa shape index (κ2) is 5.35. The molecule has 0 bridgehead atoms. The van der Waals surface area contributed by atoms with Gasteiger partial charge in [0.15, 0.2) is 0 Å². The fraction of sp³-hybridized carbons (Fsp3) is 0.400. The van der Waals surface area contributed by atoms with Crippen LogP contribution in [0, 0.1) is 5.92 Å². The minimum Gasteiger partial charge on any atom is -0.379 e. The highest BCUT2D eigenvalue weighted by atomic mass is 35.5. The second-order valence-corrected chi connectivity index (χ2v) is 5.58. The van der Waals surface area contributed by atoms with E-state index in [1.54, 1.807) is 6.20 Å². The number of fused-ring (bicyclic) bond motifs is 1. The van der Waals surface area contributed by atoms with Crippen molar-refractivity contribution in [3.8, 4) is 0 Å². The number of pyridine rings is 1. The lowest BCUT2D eigenvalue weighted by molar-refractivity contribution is 0.278. The van der Waals surface area contributed by atoms with E-state index in [1.807, 2.05) is 24.3 Å². The van der Waals surface area contributed by atoms with Gasteiger partial charge in [-0.1, -0.05) is 18.0 Å². The van der Waals surface area contributed by atoms with E-state index in [0.29, 0.717) is 18.5 Å². The summed E-state index contributed by atoms with van der Waals surface area (Å²) in [6.07, 6.45) is 5.66. The number of hydrogen-bond donors (Lipinski definition) is 2. The van der Waals surface area contributed by atoms with E-state index < -0.39 is 0 Å². The molecule has 0 saturated heterocycles. The van der Waals surface area contributed by atoms with Crippen molar-refractivity contribution in [3.05, 3.63) is 35.5 Å². The Labute approximate surface area is 118 Å². The quantitative estimate of drug-likeness (QED) is 0.899. The van der Waals surface area contributed by atoms with E-state index in [1.165, 1.54) is 19.3 Å². The van der Waals surface area contributed by atoms with Crippen LogP contribution >= 0.6 is 11.6 Å². The topological polar surface area (TPSA) is 50.9 Å². The van der Waals surface area contributed by atoms with E-state index in [9.17, 15) is 0 Å². The molecule has 3 rings (SSSR count). The van der Waals surface area contributed by atoms with Crippen LogP contribution in [0.1, 0.15) is 19.3 Å². The fourth-order valence-corrected chi connectivity index (χ4v) is 2.88. The van der Waals surface area contributed by atoms with E-state index in [4.69, 9.17) is 17.3 Å². The minimum atomic E-state index is 0.333. The summed E-state index contributed by atoms with van der Waals surface area (Å²) in [7, 11) is 0. The van der Waals surface area contributed by atoms with Gasteiger partial charge in [-0.3, -0.25) is 4.98 Å². The van der Waals surface area contributed by atoms with Crippen molar-refractivity contribution in [2.75, 3.05) is 11.9 Å². The standard InChI is InChI=1S/C15H18ClN3/c16-12-6-7-13(15-11(12)5-2-8-18-15)19-14(9-17)10-3-1-4-10/h2,5-8,10,14,19H,1,3-4,9,17H2. The SMILES string of the molecule is NCC(Nc1ccc(Cl)c2cccnc12)C1CCC1. The number of benzene rings is 1.